The first kappa shape index (κ1) is 20.1. The highest BCUT2D eigenvalue weighted by atomic mass is 32.1. The van der Waals surface area contributed by atoms with Crippen LogP contribution < -0.4 is 5.56 Å². The second-order valence-corrected chi connectivity index (χ2v) is 8.57. The topological polar surface area (TPSA) is 58.7 Å². The predicted molar refractivity (Wildman–Crippen MR) is 123 cm³/mol. The summed E-state index contributed by atoms with van der Waals surface area (Å²) < 4.78 is 1.76. The summed E-state index contributed by atoms with van der Waals surface area (Å²) in [5, 5.41) is 11.9. The van der Waals surface area contributed by atoms with Crippen LogP contribution in [0.25, 0.3) is 21.3 Å². The Morgan fingerprint density at radius 1 is 1.13 bits per heavy atom. The number of nitriles is 1. The molecule has 0 spiro atoms. The molecule has 0 amide bonds. The fourth-order valence-electron chi connectivity index (χ4n) is 3.69. The van der Waals surface area contributed by atoms with E-state index >= 15 is 0 Å². The Bertz CT molecular complexity index is 1310. The molecule has 0 unspecified atom stereocenters. The SMILES string of the molecule is CCc1ccc(-c2csc3nc(C(C)C)n(Cc4cccc(C#N)c4)c(=O)c23)cc1. The van der Waals surface area contributed by atoms with E-state index in [1.807, 2.05) is 37.4 Å². The largest absolute Gasteiger partial charge is 0.291 e. The molecule has 4 nitrogen and oxygen atoms in total. The molecule has 0 bridgehead atoms. The van der Waals surface area contributed by atoms with Gasteiger partial charge in [-0.25, -0.2) is 4.98 Å². The highest BCUT2D eigenvalue weighted by molar-refractivity contribution is 7.17. The molecule has 0 radical (unpaired) electrons. The van der Waals surface area contributed by atoms with Gasteiger partial charge in [0.1, 0.15) is 10.7 Å². The molecule has 0 aliphatic carbocycles. The summed E-state index contributed by atoms with van der Waals surface area (Å²) in [5.74, 6) is 0.875. The number of aryl methyl sites for hydroxylation is 1. The summed E-state index contributed by atoms with van der Waals surface area (Å²) in [6, 6.07) is 18.0. The van der Waals surface area contributed by atoms with E-state index in [0.29, 0.717) is 17.5 Å². The van der Waals surface area contributed by atoms with Crippen LogP contribution in [0, 0.1) is 11.3 Å². The molecule has 0 saturated carbocycles. The molecule has 0 aliphatic rings. The summed E-state index contributed by atoms with van der Waals surface area (Å²) in [6.45, 7) is 6.63. The van der Waals surface area contributed by atoms with Gasteiger partial charge in [-0.3, -0.25) is 9.36 Å². The average molecular weight is 414 g/mol. The molecule has 2 aromatic carbocycles. The number of fused-ring (bicyclic) bond motifs is 1. The van der Waals surface area contributed by atoms with E-state index in [0.717, 1.165) is 33.8 Å². The fourth-order valence-corrected chi connectivity index (χ4v) is 4.63. The molecule has 4 aromatic rings. The van der Waals surface area contributed by atoms with Gasteiger partial charge in [0.25, 0.3) is 5.56 Å². The highest BCUT2D eigenvalue weighted by Gasteiger charge is 2.19. The first-order chi connectivity index (χ1) is 14.5. The third-order valence-corrected chi connectivity index (χ3v) is 6.18. The van der Waals surface area contributed by atoms with Crippen molar-refractivity contribution in [3.8, 4) is 17.2 Å². The van der Waals surface area contributed by atoms with Crippen molar-refractivity contribution in [2.75, 3.05) is 0 Å². The molecule has 0 atom stereocenters. The third-order valence-electron chi connectivity index (χ3n) is 5.31. The monoisotopic (exact) mass is 413 g/mol. The van der Waals surface area contributed by atoms with Crippen molar-refractivity contribution >= 4 is 21.6 Å². The van der Waals surface area contributed by atoms with Gasteiger partial charge in [-0.05, 0) is 35.2 Å². The molecule has 2 heterocycles. The van der Waals surface area contributed by atoms with E-state index < -0.39 is 0 Å². The molecule has 0 saturated heterocycles. The smallest absolute Gasteiger partial charge is 0.263 e. The standard InChI is InChI=1S/C25H23N3OS/c1-4-17-8-10-20(11-9-17)21-15-30-24-22(21)25(29)28(23(27-24)16(2)3)14-19-7-5-6-18(12-19)13-26/h5-12,15-16H,4,14H2,1-3H3. The summed E-state index contributed by atoms with van der Waals surface area (Å²) in [5.41, 5.74) is 4.73. The summed E-state index contributed by atoms with van der Waals surface area (Å²) >= 11 is 1.52. The number of benzene rings is 2. The van der Waals surface area contributed by atoms with Crippen LogP contribution in [0.15, 0.2) is 58.7 Å². The molecule has 4 rings (SSSR count). The van der Waals surface area contributed by atoms with Gasteiger partial charge in [0.05, 0.1) is 23.6 Å². The Kier molecular flexibility index (Phi) is 5.52. The van der Waals surface area contributed by atoms with E-state index in [4.69, 9.17) is 4.98 Å². The zero-order valence-corrected chi connectivity index (χ0v) is 18.2. The van der Waals surface area contributed by atoms with Gasteiger partial charge >= 0.3 is 0 Å². The van der Waals surface area contributed by atoms with Crippen LogP contribution in [-0.4, -0.2) is 9.55 Å². The molecule has 30 heavy (non-hydrogen) atoms. The Hall–Kier alpha value is -3.23. The van der Waals surface area contributed by atoms with Gasteiger partial charge < -0.3 is 0 Å². The van der Waals surface area contributed by atoms with Gasteiger partial charge in [-0.15, -0.1) is 11.3 Å². The maximum Gasteiger partial charge on any atom is 0.263 e. The van der Waals surface area contributed by atoms with Gasteiger partial charge in [-0.1, -0.05) is 57.2 Å². The van der Waals surface area contributed by atoms with Crippen molar-refractivity contribution in [3.05, 3.63) is 86.8 Å². The maximum absolute atomic E-state index is 13.7. The minimum atomic E-state index is -0.0260. The van der Waals surface area contributed by atoms with E-state index in [1.54, 1.807) is 10.6 Å². The van der Waals surface area contributed by atoms with E-state index in [-0.39, 0.29) is 11.5 Å². The lowest BCUT2D eigenvalue weighted by Gasteiger charge is -2.15. The van der Waals surface area contributed by atoms with E-state index in [2.05, 4.69) is 37.3 Å². The summed E-state index contributed by atoms with van der Waals surface area (Å²) in [6.07, 6.45) is 0.985. The van der Waals surface area contributed by atoms with Crippen LogP contribution in [0.4, 0.5) is 0 Å². The van der Waals surface area contributed by atoms with Crippen LogP contribution in [0.2, 0.25) is 0 Å². The molecule has 5 heteroatoms. The zero-order valence-electron chi connectivity index (χ0n) is 17.3. The lowest BCUT2D eigenvalue weighted by molar-refractivity contribution is 0.635. The Balaban J connectivity index is 1.89. The fraction of sp³-hybridized carbons (Fsp3) is 0.240. The molecule has 150 valence electrons. The summed E-state index contributed by atoms with van der Waals surface area (Å²) in [7, 11) is 0. The Morgan fingerprint density at radius 2 is 1.90 bits per heavy atom. The lowest BCUT2D eigenvalue weighted by atomic mass is 10.0. The molecule has 2 aromatic heterocycles. The number of aromatic nitrogens is 2. The second kappa shape index (κ2) is 8.25. The average Bonchev–Trinajstić information content (AvgIpc) is 3.20. The lowest BCUT2D eigenvalue weighted by Crippen LogP contribution is -2.26. The molecular weight excluding hydrogens is 390 g/mol. The highest BCUT2D eigenvalue weighted by Crippen LogP contribution is 2.32. The predicted octanol–water partition coefficient (Wildman–Crippen LogP) is 5.73. The van der Waals surface area contributed by atoms with Crippen LogP contribution in [-0.2, 0) is 13.0 Å². The van der Waals surface area contributed by atoms with Crippen LogP contribution >= 0.6 is 11.3 Å². The minimum absolute atomic E-state index is 0.0260. The molecular formula is C25H23N3OS. The first-order valence-corrected chi connectivity index (χ1v) is 11.0. The van der Waals surface area contributed by atoms with E-state index in [9.17, 15) is 10.1 Å². The van der Waals surface area contributed by atoms with Gasteiger partial charge in [-0.2, -0.15) is 5.26 Å². The molecule has 0 aliphatic heterocycles. The van der Waals surface area contributed by atoms with Crippen molar-refractivity contribution in [2.45, 2.75) is 39.7 Å². The van der Waals surface area contributed by atoms with Crippen molar-refractivity contribution in [1.29, 1.82) is 5.26 Å². The third kappa shape index (κ3) is 3.67. The van der Waals surface area contributed by atoms with Gasteiger partial charge in [0.15, 0.2) is 0 Å². The first-order valence-electron chi connectivity index (χ1n) is 10.1. The quantitative estimate of drug-likeness (QED) is 0.420. The summed E-state index contributed by atoms with van der Waals surface area (Å²) in [4.78, 5) is 19.3. The van der Waals surface area contributed by atoms with Gasteiger partial charge in [0, 0.05) is 16.9 Å². The van der Waals surface area contributed by atoms with Crippen LogP contribution in [0.1, 0.15) is 49.2 Å². The maximum atomic E-state index is 13.7. The number of hydrogen-bond acceptors (Lipinski definition) is 4. The van der Waals surface area contributed by atoms with E-state index in [1.165, 1.54) is 16.9 Å². The number of thiophene rings is 1. The Labute approximate surface area is 180 Å². The number of rotatable bonds is 5. The van der Waals surface area contributed by atoms with Crippen molar-refractivity contribution in [2.24, 2.45) is 0 Å². The van der Waals surface area contributed by atoms with Crippen molar-refractivity contribution in [3.63, 3.8) is 0 Å². The van der Waals surface area contributed by atoms with Crippen molar-refractivity contribution in [1.82, 2.24) is 9.55 Å². The second-order valence-electron chi connectivity index (χ2n) is 7.71. The number of hydrogen-bond donors (Lipinski definition) is 0. The number of nitrogens with zero attached hydrogens (tertiary/aromatic N) is 3. The Morgan fingerprint density at radius 3 is 2.57 bits per heavy atom. The molecule has 0 N–H and O–H groups in total. The van der Waals surface area contributed by atoms with Crippen molar-refractivity contribution < 1.29 is 0 Å². The van der Waals surface area contributed by atoms with Crippen LogP contribution in [0.3, 0.4) is 0 Å². The zero-order chi connectivity index (χ0) is 21.3. The molecule has 0 fully saturated rings. The van der Waals surface area contributed by atoms with Gasteiger partial charge in [0.2, 0.25) is 0 Å². The minimum Gasteiger partial charge on any atom is -0.291 e. The normalized spacial score (nSPS) is 11.2. The van der Waals surface area contributed by atoms with Crippen LogP contribution in [0.5, 0.6) is 0 Å².